The van der Waals surface area contributed by atoms with E-state index in [0.29, 0.717) is 54.6 Å². The van der Waals surface area contributed by atoms with Gasteiger partial charge in [-0.25, -0.2) is 0 Å². The molecular weight excluding hydrogens is 482 g/mol. The van der Waals surface area contributed by atoms with Crippen molar-refractivity contribution in [3.63, 3.8) is 0 Å². The monoisotopic (exact) mass is 515 g/mol. The van der Waals surface area contributed by atoms with Gasteiger partial charge >= 0.3 is 0 Å². The third kappa shape index (κ3) is 6.92. The molecule has 0 bridgehead atoms. The van der Waals surface area contributed by atoms with E-state index in [1.54, 1.807) is 36.4 Å². The molecule has 2 aromatic rings. The molecule has 4 N–H and O–H groups in total. The van der Waals surface area contributed by atoms with E-state index >= 15 is 0 Å². The normalized spacial score (nSPS) is 15.6. The SMILES string of the molecule is CC(C)c1ccc(C(=O)NNC(=O)CCCOc2ccc(S(=O)C3(C(N)=O)CCOCC3)cc2)cc1. The number of carbonyl (C=O) groups is 3. The number of hydrazine groups is 1. The minimum atomic E-state index is -1.60. The Kier molecular flexibility index (Phi) is 9.60. The zero-order chi connectivity index (χ0) is 26.1. The summed E-state index contributed by atoms with van der Waals surface area (Å²) in [6.07, 6.45) is 1.24. The van der Waals surface area contributed by atoms with E-state index in [4.69, 9.17) is 15.2 Å². The van der Waals surface area contributed by atoms with Gasteiger partial charge < -0.3 is 15.2 Å². The number of nitrogens with two attached hydrogens (primary N) is 1. The first-order valence-corrected chi connectivity index (χ1v) is 13.1. The topological polar surface area (TPSA) is 137 Å². The van der Waals surface area contributed by atoms with Crippen molar-refractivity contribution in [2.75, 3.05) is 19.8 Å². The van der Waals surface area contributed by atoms with E-state index in [9.17, 15) is 18.6 Å². The van der Waals surface area contributed by atoms with Gasteiger partial charge in [0.25, 0.3) is 5.91 Å². The van der Waals surface area contributed by atoms with E-state index < -0.39 is 21.5 Å². The fraction of sp³-hybridized carbons (Fsp3) is 0.423. The average Bonchev–Trinajstić information content (AvgIpc) is 2.90. The molecule has 1 unspecified atom stereocenters. The van der Waals surface area contributed by atoms with Gasteiger partial charge in [0.05, 0.1) is 17.4 Å². The summed E-state index contributed by atoms with van der Waals surface area (Å²) in [7, 11) is -1.60. The van der Waals surface area contributed by atoms with Gasteiger partial charge in [-0.1, -0.05) is 26.0 Å². The molecule has 1 aliphatic heterocycles. The van der Waals surface area contributed by atoms with E-state index in [-0.39, 0.29) is 24.8 Å². The van der Waals surface area contributed by atoms with Crippen LogP contribution in [0.25, 0.3) is 0 Å². The van der Waals surface area contributed by atoms with Crippen molar-refractivity contribution in [2.45, 2.75) is 55.1 Å². The van der Waals surface area contributed by atoms with Crippen LogP contribution in [0.3, 0.4) is 0 Å². The summed E-state index contributed by atoms with van der Waals surface area (Å²) < 4.78 is 22.9. The lowest BCUT2D eigenvalue weighted by Gasteiger charge is -2.33. The molecule has 1 heterocycles. The molecule has 2 aromatic carbocycles. The van der Waals surface area contributed by atoms with Gasteiger partial charge in [0.1, 0.15) is 10.5 Å². The van der Waals surface area contributed by atoms with E-state index in [2.05, 4.69) is 24.7 Å². The van der Waals surface area contributed by atoms with Crippen molar-refractivity contribution in [3.05, 3.63) is 59.7 Å². The predicted molar refractivity (Wildman–Crippen MR) is 136 cm³/mol. The van der Waals surface area contributed by atoms with Crippen LogP contribution < -0.4 is 21.3 Å². The molecule has 1 aliphatic rings. The number of hydrogen-bond acceptors (Lipinski definition) is 6. The van der Waals surface area contributed by atoms with Gasteiger partial charge in [-0.05, 0) is 67.1 Å². The number of ether oxygens (including phenoxy) is 2. The minimum absolute atomic E-state index is 0.165. The first kappa shape index (κ1) is 27.3. The Labute approximate surface area is 213 Å². The molecule has 0 saturated carbocycles. The standard InChI is InChI=1S/C26H33N3O6S/c1-18(2)19-5-7-20(8-6-19)24(31)29-28-23(30)4-3-15-35-21-9-11-22(12-10-21)36(33)26(25(27)32)13-16-34-17-14-26/h5-12,18H,3-4,13-17H2,1-2H3,(H2,27,32)(H,28,30)(H,29,31). The van der Waals surface area contributed by atoms with Crippen molar-refractivity contribution in [2.24, 2.45) is 5.73 Å². The minimum Gasteiger partial charge on any atom is -0.494 e. The van der Waals surface area contributed by atoms with Crippen LogP contribution in [0.4, 0.5) is 0 Å². The van der Waals surface area contributed by atoms with Crippen LogP contribution in [0, 0.1) is 0 Å². The van der Waals surface area contributed by atoms with Crippen LogP contribution in [-0.4, -0.2) is 46.5 Å². The van der Waals surface area contributed by atoms with Gasteiger partial charge in [0.2, 0.25) is 11.8 Å². The molecule has 194 valence electrons. The van der Waals surface area contributed by atoms with Gasteiger partial charge in [-0.15, -0.1) is 0 Å². The number of carbonyl (C=O) groups excluding carboxylic acids is 3. The van der Waals surface area contributed by atoms with Crippen molar-refractivity contribution < 1.29 is 28.1 Å². The highest BCUT2D eigenvalue weighted by Gasteiger charge is 2.45. The van der Waals surface area contributed by atoms with Crippen molar-refractivity contribution in [1.29, 1.82) is 0 Å². The Morgan fingerprint density at radius 3 is 2.25 bits per heavy atom. The summed E-state index contributed by atoms with van der Waals surface area (Å²) in [5.41, 5.74) is 12.0. The van der Waals surface area contributed by atoms with Crippen molar-refractivity contribution in [1.82, 2.24) is 10.9 Å². The molecule has 1 saturated heterocycles. The van der Waals surface area contributed by atoms with Crippen LogP contribution in [0.1, 0.15) is 61.4 Å². The maximum Gasteiger partial charge on any atom is 0.269 e. The zero-order valence-corrected chi connectivity index (χ0v) is 21.4. The largest absolute Gasteiger partial charge is 0.494 e. The van der Waals surface area contributed by atoms with Crippen LogP contribution in [-0.2, 0) is 25.1 Å². The second-order valence-corrected chi connectivity index (χ2v) is 10.7. The predicted octanol–water partition coefficient (Wildman–Crippen LogP) is 2.57. The average molecular weight is 516 g/mol. The van der Waals surface area contributed by atoms with Gasteiger partial charge in [0, 0.05) is 30.1 Å². The number of nitrogens with one attached hydrogen (secondary N) is 2. The summed E-state index contributed by atoms with van der Waals surface area (Å²) in [5, 5.41) is 0. The molecule has 0 spiro atoms. The molecule has 1 atom stereocenters. The highest BCUT2D eigenvalue weighted by Crippen LogP contribution is 2.32. The van der Waals surface area contributed by atoms with E-state index in [1.807, 2.05) is 12.1 Å². The van der Waals surface area contributed by atoms with Crippen LogP contribution in [0.15, 0.2) is 53.4 Å². The van der Waals surface area contributed by atoms with Crippen LogP contribution in [0.5, 0.6) is 5.75 Å². The van der Waals surface area contributed by atoms with Crippen LogP contribution in [0.2, 0.25) is 0 Å². The number of benzene rings is 2. The third-order valence-corrected chi connectivity index (χ3v) is 8.13. The van der Waals surface area contributed by atoms with Gasteiger partial charge in [0.15, 0.2) is 0 Å². The highest BCUT2D eigenvalue weighted by molar-refractivity contribution is 7.87. The molecule has 0 aromatic heterocycles. The summed E-state index contributed by atoms with van der Waals surface area (Å²) in [6.45, 7) is 5.12. The Balaban J connectivity index is 1.40. The molecule has 0 radical (unpaired) electrons. The lowest BCUT2D eigenvalue weighted by Crippen LogP contribution is -2.51. The molecule has 3 rings (SSSR count). The second-order valence-electron chi connectivity index (χ2n) is 8.94. The molecule has 10 heteroatoms. The molecule has 1 fully saturated rings. The smallest absolute Gasteiger partial charge is 0.269 e. The van der Waals surface area contributed by atoms with Gasteiger partial charge in [-0.2, -0.15) is 0 Å². The summed E-state index contributed by atoms with van der Waals surface area (Å²) >= 11 is 0. The molecule has 3 amide bonds. The van der Waals surface area contributed by atoms with Crippen LogP contribution >= 0.6 is 0 Å². The zero-order valence-electron chi connectivity index (χ0n) is 20.6. The molecule has 9 nitrogen and oxygen atoms in total. The Hall–Kier alpha value is -3.24. The quantitative estimate of drug-likeness (QED) is 0.329. The lowest BCUT2D eigenvalue weighted by molar-refractivity contribution is -0.123. The fourth-order valence-corrected chi connectivity index (χ4v) is 5.37. The van der Waals surface area contributed by atoms with E-state index in [0.717, 1.165) is 5.56 Å². The maximum absolute atomic E-state index is 13.1. The third-order valence-electron chi connectivity index (χ3n) is 6.11. The van der Waals surface area contributed by atoms with Gasteiger partial charge in [-0.3, -0.25) is 29.4 Å². The fourth-order valence-electron chi connectivity index (χ4n) is 3.81. The number of rotatable bonds is 10. The summed E-state index contributed by atoms with van der Waals surface area (Å²) in [4.78, 5) is 36.8. The van der Waals surface area contributed by atoms with Crippen molar-refractivity contribution >= 4 is 28.5 Å². The molecule has 0 aliphatic carbocycles. The molecule has 36 heavy (non-hydrogen) atoms. The first-order valence-electron chi connectivity index (χ1n) is 11.9. The molecular formula is C26H33N3O6S. The summed E-state index contributed by atoms with van der Waals surface area (Å²) in [6, 6.07) is 13.9. The summed E-state index contributed by atoms with van der Waals surface area (Å²) in [5.74, 6) is -0.370. The number of primary amides is 1. The number of amides is 3. The van der Waals surface area contributed by atoms with Crippen molar-refractivity contribution in [3.8, 4) is 5.75 Å². The van der Waals surface area contributed by atoms with E-state index in [1.165, 1.54) is 0 Å². The highest BCUT2D eigenvalue weighted by atomic mass is 32.2. The lowest BCUT2D eigenvalue weighted by atomic mass is 9.98. The Bertz CT molecular complexity index is 1080. The Morgan fingerprint density at radius 2 is 1.67 bits per heavy atom. The number of hydrogen-bond donors (Lipinski definition) is 3. The Morgan fingerprint density at radius 1 is 1.03 bits per heavy atom. The second kappa shape index (κ2) is 12.6. The first-order chi connectivity index (χ1) is 17.2. The maximum atomic E-state index is 13.1.